The van der Waals surface area contributed by atoms with Crippen molar-refractivity contribution in [1.29, 1.82) is 0 Å². The molecular weight excluding hydrogens is 401 g/mol. The van der Waals surface area contributed by atoms with Crippen LogP contribution in [-0.4, -0.2) is 57.9 Å². The molecule has 0 bridgehead atoms. The van der Waals surface area contributed by atoms with Crippen LogP contribution in [0.5, 0.6) is 5.75 Å². The van der Waals surface area contributed by atoms with Crippen molar-refractivity contribution in [3.8, 4) is 11.4 Å². The van der Waals surface area contributed by atoms with Gasteiger partial charge in [-0.25, -0.2) is 9.07 Å². The molecule has 0 spiro atoms. The molecule has 2 heterocycles. The second-order valence-electron chi connectivity index (χ2n) is 7.26. The number of hydrogen-bond donors (Lipinski definition) is 1. The van der Waals surface area contributed by atoms with Crippen LogP contribution in [0.15, 0.2) is 54.7 Å². The number of nitrogens with one attached hydrogen (secondary N) is 1. The minimum Gasteiger partial charge on any atom is -0.496 e. The van der Waals surface area contributed by atoms with Crippen molar-refractivity contribution in [2.45, 2.75) is 18.9 Å². The Morgan fingerprint density at radius 2 is 1.81 bits per heavy atom. The number of carbonyl (C=O) groups excluding carboxylic acids is 2. The molecule has 9 heteroatoms. The maximum atomic E-state index is 13.1. The van der Waals surface area contributed by atoms with E-state index in [9.17, 15) is 14.0 Å². The van der Waals surface area contributed by atoms with Gasteiger partial charge in [-0.15, -0.1) is 5.10 Å². The fourth-order valence-corrected chi connectivity index (χ4v) is 3.57. The maximum Gasteiger partial charge on any atom is 0.276 e. The molecule has 1 aliphatic rings. The van der Waals surface area contributed by atoms with Gasteiger partial charge >= 0.3 is 0 Å². The number of methoxy groups -OCH3 is 1. The lowest BCUT2D eigenvalue weighted by Gasteiger charge is -2.32. The summed E-state index contributed by atoms with van der Waals surface area (Å²) in [5.41, 5.74) is 1.33. The Morgan fingerprint density at radius 1 is 1.10 bits per heavy atom. The summed E-state index contributed by atoms with van der Waals surface area (Å²) in [6.45, 7) is 0.998. The molecule has 0 atom stereocenters. The Bertz CT molecular complexity index is 1070. The quantitative estimate of drug-likeness (QED) is 0.681. The van der Waals surface area contributed by atoms with Crippen LogP contribution in [0, 0.1) is 5.82 Å². The fourth-order valence-electron chi connectivity index (χ4n) is 3.57. The third-order valence-electron chi connectivity index (χ3n) is 5.27. The van der Waals surface area contributed by atoms with Gasteiger partial charge in [-0.05, 0) is 49.2 Å². The van der Waals surface area contributed by atoms with E-state index < -0.39 is 0 Å². The Labute approximate surface area is 178 Å². The standard InChI is InChI=1S/C22H22FN5O3/c1-31-20-5-3-2-4-18(20)21(29)24-16-10-12-27(13-11-16)22(30)19-14-28(26-25-19)17-8-6-15(23)7-9-17/h2-9,14,16H,10-13H2,1H3,(H,24,29). The Hall–Kier alpha value is -3.75. The Morgan fingerprint density at radius 3 is 2.52 bits per heavy atom. The van der Waals surface area contributed by atoms with Gasteiger partial charge < -0.3 is 15.0 Å². The van der Waals surface area contributed by atoms with Crippen molar-refractivity contribution in [3.63, 3.8) is 0 Å². The van der Waals surface area contributed by atoms with Gasteiger partial charge in [0.25, 0.3) is 11.8 Å². The fraction of sp³-hybridized carbons (Fsp3) is 0.273. The van der Waals surface area contributed by atoms with E-state index in [4.69, 9.17) is 4.74 Å². The van der Waals surface area contributed by atoms with Gasteiger partial charge in [-0.2, -0.15) is 0 Å². The van der Waals surface area contributed by atoms with E-state index in [-0.39, 0.29) is 29.4 Å². The summed E-state index contributed by atoms with van der Waals surface area (Å²) in [7, 11) is 1.53. The monoisotopic (exact) mass is 423 g/mol. The summed E-state index contributed by atoms with van der Waals surface area (Å²) >= 11 is 0. The molecule has 2 aromatic carbocycles. The highest BCUT2D eigenvalue weighted by Crippen LogP contribution is 2.19. The largest absolute Gasteiger partial charge is 0.496 e. The molecule has 1 fully saturated rings. The van der Waals surface area contributed by atoms with Crippen LogP contribution in [-0.2, 0) is 0 Å². The molecule has 0 radical (unpaired) electrons. The number of aromatic nitrogens is 3. The summed E-state index contributed by atoms with van der Waals surface area (Å²) in [5.74, 6) is -0.231. The molecule has 1 aromatic heterocycles. The smallest absolute Gasteiger partial charge is 0.276 e. The summed E-state index contributed by atoms with van der Waals surface area (Å²) in [6.07, 6.45) is 2.81. The third kappa shape index (κ3) is 4.55. The lowest BCUT2D eigenvalue weighted by atomic mass is 10.0. The molecular formula is C22H22FN5O3. The van der Waals surface area contributed by atoms with E-state index in [0.29, 0.717) is 42.9 Å². The first-order valence-electron chi connectivity index (χ1n) is 9.96. The number of halogens is 1. The van der Waals surface area contributed by atoms with Crippen LogP contribution in [0.2, 0.25) is 0 Å². The normalized spacial score (nSPS) is 14.3. The van der Waals surface area contributed by atoms with Crippen LogP contribution < -0.4 is 10.1 Å². The minimum atomic E-state index is -0.346. The van der Waals surface area contributed by atoms with Gasteiger partial charge in [0.05, 0.1) is 24.6 Å². The molecule has 160 valence electrons. The van der Waals surface area contributed by atoms with Gasteiger partial charge in [-0.1, -0.05) is 17.3 Å². The average molecular weight is 423 g/mol. The van der Waals surface area contributed by atoms with Crippen molar-refractivity contribution in [1.82, 2.24) is 25.2 Å². The summed E-state index contributed by atoms with van der Waals surface area (Å²) in [6, 6.07) is 12.8. The van der Waals surface area contributed by atoms with Crippen LogP contribution in [0.25, 0.3) is 5.69 Å². The SMILES string of the molecule is COc1ccccc1C(=O)NC1CCN(C(=O)c2cn(-c3ccc(F)cc3)nn2)CC1. The van der Waals surface area contributed by atoms with E-state index in [0.717, 1.165) is 0 Å². The number of piperidine rings is 1. The number of benzene rings is 2. The molecule has 4 rings (SSSR count). The van der Waals surface area contributed by atoms with Crippen LogP contribution >= 0.6 is 0 Å². The van der Waals surface area contributed by atoms with Gasteiger partial charge in [0.15, 0.2) is 5.69 Å². The predicted octanol–water partition coefficient (Wildman–Crippen LogP) is 2.45. The van der Waals surface area contributed by atoms with E-state index >= 15 is 0 Å². The highest BCUT2D eigenvalue weighted by Gasteiger charge is 2.27. The van der Waals surface area contributed by atoms with E-state index in [2.05, 4.69) is 15.6 Å². The molecule has 8 nitrogen and oxygen atoms in total. The molecule has 1 N–H and O–H groups in total. The summed E-state index contributed by atoms with van der Waals surface area (Å²) in [5, 5.41) is 10.9. The number of carbonyl (C=O) groups is 2. The zero-order valence-corrected chi connectivity index (χ0v) is 17.0. The van der Waals surface area contributed by atoms with Crippen LogP contribution in [0.1, 0.15) is 33.7 Å². The summed E-state index contributed by atoms with van der Waals surface area (Å²) < 4.78 is 19.8. The first-order valence-corrected chi connectivity index (χ1v) is 9.96. The second kappa shape index (κ2) is 8.95. The van der Waals surface area contributed by atoms with Gasteiger partial charge in [0, 0.05) is 19.1 Å². The second-order valence-corrected chi connectivity index (χ2v) is 7.26. The van der Waals surface area contributed by atoms with Crippen molar-refractivity contribution in [2.24, 2.45) is 0 Å². The van der Waals surface area contributed by atoms with E-state index in [1.54, 1.807) is 35.2 Å². The number of hydrogen-bond acceptors (Lipinski definition) is 5. The highest BCUT2D eigenvalue weighted by atomic mass is 19.1. The minimum absolute atomic E-state index is 0.0311. The molecule has 1 saturated heterocycles. The molecule has 3 aromatic rings. The highest BCUT2D eigenvalue weighted by molar-refractivity contribution is 5.97. The molecule has 31 heavy (non-hydrogen) atoms. The van der Waals surface area contributed by atoms with E-state index in [1.165, 1.54) is 30.1 Å². The first-order chi connectivity index (χ1) is 15.0. The number of para-hydroxylation sites is 1. The lowest BCUT2D eigenvalue weighted by molar-refractivity contribution is 0.0692. The molecule has 0 aliphatic carbocycles. The number of likely N-dealkylation sites (tertiary alicyclic amines) is 1. The van der Waals surface area contributed by atoms with Crippen molar-refractivity contribution in [3.05, 3.63) is 71.8 Å². The van der Waals surface area contributed by atoms with Crippen molar-refractivity contribution < 1.29 is 18.7 Å². The van der Waals surface area contributed by atoms with Crippen LogP contribution in [0.3, 0.4) is 0 Å². The summed E-state index contributed by atoms with van der Waals surface area (Å²) in [4.78, 5) is 27.0. The van der Waals surface area contributed by atoms with Gasteiger partial charge in [0.1, 0.15) is 11.6 Å². The van der Waals surface area contributed by atoms with Crippen LogP contribution in [0.4, 0.5) is 4.39 Å². The lowest BCUT2D eigenvalue weighted by Crippen LogP contribution is -2.46. The predicted molar refractivity (Wildman–Crippen MR) is 111 cm³/mol. The number of ether oxygens (including phenoxy) is 1. The van der Waals surface area contributed by atoms with Gasteiger partial charge in [0.2, 0.25) is 0 Å². The number of amides is 2. The Kier molecular flexibility index (Phi) is 5.92. The van der Waals surface area contributed by atoms with E-state index in [1.807, 2.05) is 6.07 Å². The van der Waals surface area contributed by atoms with Gasteiger partial charge in [-0.3, -0.25) is 9.59 Å². The first kappa shape index (κ1) is 20.5. The Balaban J connectivity index is 1.34. The maximum absolute atomic E-state index is 13.1. The average Bonchev–Trinajstić information content (AvgIpc) is 3.30. The zero-order valence-electron chi connectivity index (χ0n) is 17.0. The van der Waals surface area contributed by atoms with Crippen molar-refractivity contribution in [2.75, 3.05) is 20.2 Å². The zero-order chi connectivity index (χ0) is 21.8. The third-order valence-corrected chi connectivity index (χ3v) is 5.27. The number of rotatable bonds is 5. The molecule has 0 saturated carbocycles. The molecule has 2 amide bonds. The van der Waals surface area contributed by atoms with Crippen molar-refractivity contribution >= 4 is 11.8 Å². The number of nitrogens with zero attached hydrogens (tertiary/aromatic N) is 4. The molecule has 0 unspecified atom stereocenters. The molecule has 1 aliphatic heterocycles. The topological polar surface area (TPSA) is 89.4 Å².